The molecule has 1 amide bonds. The summed E-state index contributed by atoms with van der Waals surface area (Å²) in [6, 6.07) is 8.39. The molecule has 4 rings (SSSR count). The van der Waals surface area contributed by atoms with E-state index >= 15 is 0 Å². The Morgan fingerprint density at radius 3 is 2.85 bits per heavy atom. The van der Waals surface area contributed by atoms with Crippen LogP contribution in [0.1, 0.15) is 34.5 Å². The minimum Gasteiger partial charge on any atom is -0.336 e. The van der Waals surface area contributed by atoms with Crippen molar-refractivity contribution in [2.45, 2.75) is 39.2 Å². The van der Waals surface area contributed by atoms with Gasteiger partial charge in [0.1, 0.15) is 6.04 Å². The van der Waals surface area contributed by atoms with E-state index < -0.39 is 0 Å². The van der Waals surface area contributed by atoms with Crippen molar-refractivity contribution in [1.29, 1.82) is 0 Å². The minimum atomic E-state index is -0.166. The van der Waals surface area contributed by atoms with Crippen molar-refractivity contribution in [1.82, 2.24) is 9.97 Å². The van der Waals surface area contributed by atoms with Gasteiger partial charge in [-0.1, -0.05) is 29.8 Å². The van der Waals surface area contributed by atoms with E-state index in [2.05, 4.69) is 51.4 Å². The van der Waals surface area contributed by atoms with Gasteiger partial charge in [0.2, 0.25) is 5.91 Å². The van der Waals surface area contributed by atoms with E-state index in [0.717, 1.165) is 36.6 Å². The van der Waals surface area contributed by atoms with Crippen molar-refractivity contribution >= 4 is 38.8 Å². The molecule has 1 fully saturated rings. The zero-order chi connectivity index (χ0) is 18.8. The molecule has 140 valence electrons. The first-order chi connectivity index (χ1) is 13.1. The van der Waals surface area contributed by atoms with Crippen LogP contribution in [0.25, 0.3) is 0 Å². The number of carbonyl (C=O) groups is 1. The van der Waals surface area contributed by atoms with Crippen molar-refractivity contribution in [3.63, 3.8) is 0 Å². The van der Waals surface area contributed by atoms with Gasteiger partial charge in [0.15, 0.2) is 10.3 Å². The molecule has 1 aliphatic rings. The Morgan fingerprint density at radius 2 is 2.11 bits per heavy atom. The lowest BCUT2D eigenvalue weighted by atomic mass is 10.1. The summed E-state index contributed by atoms with van der Waals surface area (Å²) < 4.78 is 0. The minimum absolute atomic E-state index is 0.0123. The zero-order valence-corrected chi connectivity index (χ0v) is 17.1. The molecule has 5 nitrogen and oxygen atoms in total. The van der Waals surface area contributed by atoms with E-state index in [4.69, 9.17) is 0 Å². The number of thiazole rings is 2. The van der Waals surface area contributed by atoms with Gasteiger partial charge in [-0.25, -0.2) is 9.97 Å². The molecule has 3 heterocycles. The Bertz CT molecular complexity index is 918. The quantitative estimate of drug-likeness (QED) is 0.691. The predicted octanol–water partition coefficient (Wildman–Crippen LogP) is 4.41. The Hall–Kier alpha value is -2.25. The number of carbonyl (C=O) groups excluding carboxylic acids is 1. The van der Waals surface area contributed by atoms with Crippen LogP contribution in [0.3, 0.4) is 0 Å². The number of aromatic nitrogens is 2. The molecule has 0 unspecified atom stereocenters. The first-order valence-electron chi connectivity index (χ1n) is 9.09. The maximum Gasteiger partial charge on any atom is 0.248 e. The van der Waals surface area contributed by atoms with E-state index in [1.165, 1.54) is 16.0 Å². The van der Waals surface area contributed by atoms with Crippen LogP contribution >= 0.6 is 22.7 Å². The summed E-state index contributed by atoms with van der Waals surface area (Å²) in [5, 5.41) is 6.59. The summed E-state index contributed by atoms with van der Waals surface area (Å²) in [6.07, 6.45) is 4.49. The molecule has 7 heteroatoms. The summed E-state index contributed by atoms with van der Waals surface area (Å²) in [7, 11) is 0. The van der Waals surface area contributed by atoms with Crippen LogP contribution in [0.15, 0.2) is 35.8 Å². The second-order valence-corrected chi connectivity index (χ2v) is 8.80. The molecule has 0 aliphatic carbocycles. The van der Waals surface area contributed by atoms with E-state index in [1.807, 2.05) is 12.3 Å². The van der Waals surface area contributed by atoms with Crippen LogP contribution in [-0.4, -0.2) is 28.5 Å². The molecule has 0 saturated carbocycles. The smallest absolute Gasteiger partial charge is 0.248 e. The van der Waals surface area contributed by atoms with Crippen LogP contribution in [-0.2, 0) is 11.2 Å². The number of benzene rings is 1. The molecule has 1 saturated heterocycles. The standard InChI is InChI=1S/C20H22N4OS2/c1-13-5-7-15(8-6-13)12-17-14(2)22-19(27-17)23-18(25)16-4-3-10-24(16)20-21-9-11-26-20/h5-9,11,16H,3-4,10,12H2,1-2H3,(H,22,23,25)/t16-/m1/s1. The number of nitrogens with zero attached hydrogens (tertiary/aromatic N) is 3. The average Bonchev–Trinajstić information content (AvgIpc) is 3.38. The Balaban J connectivity index is 1.45. The molecule has 1 atom stereocenters. The second-order valence-electron chi connectivity index (χ2n) is 6.85. The van der Waals surface area contributed by atoms with Gasteiger partial charge in [-0.2, -0.15) is 0 Å². The third-order valence-electron chi connectivity index (χ3n) is 4.83. The van der Waals surface area contributed by atoms with Gasteiger partial charge in [0, 0.05) is 29.4 Å². The molecular weight excluding hydrogens is 376 g/mol. The average molecular weight is 399 g/mol. The van der Waals surface area contributed by atoms with E-state index in [-0.39, 0.29) is 11.9 Å². The topological polar surface area (TPSA) is 58.1 Å². The normalized spacial score (nSPS) is 16.7. The van der Waals surface area contributed by atoms with Crippen molar-refractivity contribution in [3.05, 3.63) is 57.5 Å². The highest BCUT2D eigenvalue weighted by molar-refractivity contribution is 7.16. The molecule has 2 aromatic heterocycles. The lowest BCUT2D eigenvalue weighted by molar-refractivity contribution is -0.117. The van der Waals surface area contributed by atoms with E-state index in [1.54, 1.807) is 28.9 Å². The second kappa shape index (κ2) is 7.78. The Morgan fingerprint density at radius 1 is 1.30 bits per heavy atom. The van der Waals surface area contributed by atoms with Crippen molar-refractivity contribution in [3.8, 4) is 0 Å². The number of rotatable bonds is 5. The Kier molecular flexibility index (Phi) is 5.22. The highest BCUT2D eigenvalue weighted by Gasteiger charge is 2.32. The fraction of sp³-hybridized carbons (Fsp3) is 0.350. The number of hydrogen-bond acceptors (Lipinski definition) is 6. The monoisotopic (exact) mass is 398 g/mol. The molecule has 1 aromatic carbocycles. The largest absolute Gasteiger partial charge is 0.336 e. The van der Waals surface area contributed by atoms with Gasteiger partial charge in [0.05, 0.1) is 5.69 Å². The van der Waals surface area contributed by atoms with Gasteiger partial charge in [-0.05, 0) is 32.3 Å². The number of nitrogens with one attached hydrogen (secondary N) is 1. The summed E-state index contributed by atoms with van der Waals surface area (Å²) >= 11 is 3.15. The van der Waals surface area contributed by atoms with Crippen LogP contribution < -0.4 is 10.2 Å². The lowest BCUT2D eigenvalue weighted by Crippen LogP contribution is -2.39. The number of anilines is 2. The summed E-state index contributed by atoms with van der Waals surface area (Å²) in [4.78, 5) is 25.1. The predicted molar refractivity (Wildman–Crippen MR) is 112 cm³/mol. The highest BCUT2D eigenvalue weighted by atomic mass is 32.1. The zero-order valence-electron chi connectivity index (χ0n) is 15.4. The first-order valence-corrected chi connectivity index (χ1v) is 10.8. The maximum atomic E-state index is 12.8. The SMILES string of the molecule is Cc1ccc(Cc2sc(NC(=O)[C@H]3CCCN3c3nccs3)nc2C)cc1. The number of hydrogen-bond donors (Lipinski definition) is 1. The van der Waals surface area contributed by atoms with Crippen LogP contribution in [0, 0.1) is 13.8 Å². The molecule has 1 aliphatic heterocycles. The third kappa shape index (κ3) is 4.04. The Labute approximate surface area is 167 Å². The highest BCUT2D eigenvalue weighted by Crippen LogP contribution is 2.29. The van der Waals surface area contributed by atoms with Crippen LogP contribution in [0.5, 0.6) is 0 Å². The molecule has 3 aromatic rings. The first kappa shape index (κ1) is 18.1. The van der Waals surface area contributed by atoms with Gasteiger partial charge in [0.25, 0.3) is 0 Å². The lowest BCUT2D eigenvalue weighted by Gasteiger charge is -2.22. The molecule has 0 spiro atoms. The van der Waals surface area contributed by atoms with Gasteiger partial charge in [-0.3, -0.25) is 4.79 Å². The fourth-order valence-corrected chi connectivity index (χ4v) is 5.07. The maximum absolute atomic E-state index is 12.8. The van der Waals surface area contributed by atoms with Crippen LogP contribution in [0.2, 0.25) is 0 Å². The van der Waals surface area contributed by atoms with Crippen molar-refractivity contribution < 1.29 is 4.79 Å². The van der Waals surface area contributed by atoms with E-state index in [9.17, 15) is 4.79 Å². The van der Waals surface area contributed by atoms with Gasteiger partial charge >= 0.3 is 0 Å². The number of amides is 1. The molecule has 0 bridgehead atoms. The molecule has 1 N–H and O–H groups in total. The number of aryl methyl sites for hydroxylation is 2. The third-order valence-corrected chi connectivity index (χ3v) is 6.71. The van der Waals surface area contributed by atoms with Crippen molar-refractivity contribution in [2.75, 3.05) is 16.8 Å². The fourth-order valence-electron chi connectivity index (χ4n) is 3.35. The molecule has 27 heavy (non-hydrogen) atoms. The van der Waals surface area contributed by atoms with Gasteiger partial charge in [-0.15, -0.1) is 22.7 Å². The summed E-state index contributed by atoms with van der Waals surface area (Å²) in [5.74, 6) is 0.0123. The van der Waals surface area contributed by atoms with Crippen molar-refractivity contribution in [2.24, 2.45) is 0 Å². The van der Waals surface area contributed by atoms with Crippen LogP contribution in [0.4, 0.5) is 10.3 Å². The van der Waals surface area contributed by atoms with Gasteiger partial charge < -0.3 is 10.2 Å². The summed E-state index contributed by atoms with van der Waals surface area (Å²) in [5.41, 5.74) is 3.50. The van der Waals surface area contributed by atoms with E-state index in [0.29, 0.717) is 5.13 Å². The molecule has 0 radical (unpaired) electrons. The summed E-state index contributed by atoms with van der Waals surface area (Å²) in [6.45, 7) is 4.97. The molecular formula is C20H22N4OS2.